The van der Waals surface area contributed by atoms with Gasteiger partial charge in [-0.1, -0.05) is 18.2 Å². The molecule has 0 saturated heterocycles. The van der Waals surface area contributed by atoms with Crippen LogP contribution in [0.15, 0.2) is 42.7 Å². The van der Waals surface area contributed by atoms with Gasteiger partial charge in [0.15, 0.2) is 12.3 Å². The molecule has 0 spiro atoms. The lowest BCUT2D eigenvalue weighted by atomic mass is 10.2. The van der Waals surface area contributed by atoms with Crippen molar-refractivity contribution in [3.8, 4) is 5.75 Å². The first-order valence-corrected chi connectivity index (χ1v) is 7.86. The van der Waals surface area contributed by atoms with Gasteiger partial charge < -0.3 is 10.1 Å². The Morgan fingerprint density at radius 1 is 1.29 bits per heavy atom. The molecule has 0 atom stereocenters. The number of carbonyl (C=O) groups is 1. The van der Waals surface area contributed by atoms with Crippen molar-refractivity contribution in [1.82, 2.24) is 14.8 Å². The van der Waals surface area contributed by atoms with E-state index in [4.69, 9.17) is 4.74 Å². The highest BCUT2D eigenvalue weighted by Crippen LogP contribution is 2.19. The number of benzene rings is 1. The predicted octanol–water partition coefficient (Wildman–Crippen LogP) is 3.34. The number of aryl methyl sites for hydroxylation is 1. The Kier molecular flexibility index (Phi) is 4.46. The van der Waals surface area contributed by atoms with E-state index in [2.05, 4.69) is 15.4 Å². The highest BCUT2D eigenvalue weighted by atomic mass is 16.5. The summed E-state index contributed by atoms with van der Waals surface area (Å²) in [6, 6.07) is 9.69. The summed E-state index contributed by atoms with van der Waals surface area (Å²) in [5.74, 6) is 0.482. The maximum Gasteiger partial charge on any atom is 0.262 e. The van der Waals surface area contributed by atoms with Crippen LogP contribution in [0.25, 0.3) is 11.0 Å². The number of nitrogens with one attached hydrogen (secondary N) is 1. The molecular weight excluding hydrogens is 304 g/mol. The lowest BCUT2D eigenvalue weighted by Gasteiger charge is -2.10. The minimum absolute atomic E-state index is 0.0475. The fourth-order valence-electron chi connectivity index (χ4n) is 2.45. The molecule has 2 heterocycles. The van der Waals surface area contributed by atoms with Crippen molar-refractivity contribution >= 4 is 22.6 Å². The second kappa shape index (κ2) is 6.70. The Bertz CT molecular complexity index is 870. The summed E-state index contributed by atoms with van der Waals surface area (Å²) in [6.07, 6.45) is 3.39. The van der Waals surface area contributed by atoms with E-state index < -0.39 is 0 Å². The molecule has 1 amide bonds. The van der Waals surface area contributed by atoms with Crippen molar-refractivity contribution in [2.75, 3.05) is 11.9 Å². The molecule has 2 aromatic heterocycles. The monoisotopic (exact) mass is 324 g/mol. The van der Waals surface area contributed by atoms with E-state index in [1.807, 2.05) is 55.8 Å². The Morgan fingerprint density at radius 3 is 2.83 bits per heavy atom. The van der Waals surface area contributed by atoms with E-state index in [-0.39, 0.29) is 18.6 Å². The first-order valence-electron chi connectivity index (χ1n) is 7.86. The molecule has 6 heteroatoms. The van der Waals surface area contributed by atoms with Gasteiger partial charge in [-0.2, -0.15) is 5.10 Å². The summed E-state index contributed by atoms with van der Waals surface area (Å²) in [5, 5.41) is 8.01. The zero-order chi connectivity index (χ0) is 17.1. The van der Waals surface area contributed by atoms with E-state index in [9.17, 15) is 4.79 Å². The summed E-state index contributed by atoms with van der Waals surface area (Å²) in [7, 11) is 0. The molecule has 3 rings (SSSR count). The fourth-order valence-corrected chi connectivity index (χ4v) is 2.45. The molecule has 124 valence electrons. The fraction of sp³-hybridized carbons (Fsp3) is 0.278. The first-order chi connectivity index (χ1) is 11.5. The number of anilines is 1. The molecule has 0 fully saturated rings. The van der Waals surface area contributed by atoms with Crippen LogP contribution in [0.3, 0.4) is 0 Å². The van der Waals surface area contributed by atoms with Crippen LogP contribution in [-0.4, -0.2) is 27.3 Å². The number of pyridine rings is 1. The Hall–Kier alpha value is -2.89. The number of nitrogens with zero attached hydrogens (tertiary/aromatic N) is 3. The summed E-state index contributed by atoms with van der Waals surface area (Å²) in [6.45, 7) is 5.99. The highest BCUT2D eigenvalue weighted by molar-refractivity contribution is 5.93. The van der Waals surface area contributed by atoms with Crippen LogP contribution >= 0.6 is 0 Å². The summed E-state index contributed by atoms with van der Waals surface area (Å²) in [4.78, 5) is 16.5. The number of carbonyl (C=O) groups excluding carboxylic acids is 1. The molecule has 3 aromatic rings. The number of amides is 1. The van der Waals surface area contributed by atoms with Crippen LogP contribution in [0.1, 0.15) is 25.5 Å². The van der Waals surface area contributed by atoms with Crippen LogP contribution in [0, 0.1) is 6.92 Å². The van der Waals surface area contributed by atoms with Crippen LogP contribution in [0.5, 0.6) is 5.75 Å². The number of rotatable bonds is 5. The second-order valence-corrected chi connectivity index (χ2v) is 5.92. The maximum atomic E-state index is 12.1. The van der Waals surface area contributed by atoms with Crippen molar-refractivity contribution < 1.29 is 9.53 Å². The minimum atomic E-state index is -0.226. The minimum Gasteiger partial charge on any atom is -0.483 e. The zero-order valence-corrected chi connectivity index (χ0v) is 14.0. The third kappa shape index (κ3) is 3.37. The number of hydrogen-bond acceptors (Lipinski definition) is 4. The van der Waals surface area contributed by atoms with Crippen LogP contribution in [0.2, 0.25) is 0 Å². The molecule has 0 aliphatic carbocycles. The normalized spacial score (nSPS) is 11.0. The van der Waals surface area contributed by atoms with Crippen molar-refractivity contribution in [3.63, 3.8) is 0 Å². The number of fused-ring (bicyclic) bond motifs is 1. The van der Waals surface area contributed by atoms with Gasteiger partial charge in [0, 0.05) is 11.4 Å². The molecule has 1 N–H and O–H groups in total. The van der Waals surface area contributed by atoms with E-state index in [0.717, 1.165) is 16.6 Å². The number of para-hydroxylation sites is 1. The molecule has 0 aliphatic rings. The molecule has 0 radical (unpaired) electrons. The third-order valence-electron chi connectivity index (χ3n) is 3.66. The summed E-state index contributed by atoms with van der Waals surface area (Å²) >= 11 is 0. The first kappa shape index (κ1) is 16.0. The standard InChI is InChI=1S/C18H20N4O2/c1-12(2)22-18-14(9-20-22)8-15(10-19-18)21-17(23)11-24-16-7-5-4-6-13(16)3/h4-10,12H,11H2,1-3H3,(H,21,23). The molecule has 0 unspecified atom stereocenters. The highest BCUT2D eigenvalue weighted by Gasteiger charge is 2.10. The molecule has 24 heavy (non-hydrogen) atoms. The zero-order valence-electron chi connectivity index (χ0n) is 14.0. The van der Waals surface area contributed by atoms with Gasteiger partial charge >= 0.3 is 0 Å². The van der Waals surface area contributed by atoms with Crippen molar-refractivity contribution in [1.29, 1.82) is 0 Å². The Labute approximate surface area is 140 Å². The van der Waals surface area contributed by atoms with Gasteiger partial charge in [0.25, 0.3) is 5.91 Å². The van der Waals surface area contributed by atoms with Crippen LogP contribution in [0.4, 0.5) is 5.69 Å². The van der Waals surface area contributed by atoms with Gasteiger partial charge in [-0.3, -0.25) is 4.79 Å². The van der Waals surface area contributed by atoms with Gasteiger partial charge in [0.1, 0.15) is 5.75 Å². The van der Waals surface area contributed by atoms with Gasteiger partial charge in [-0.15, -0.1) is 0 Å². The maximum absolute atomic E-state index is 12.1. The molecule has 6 nitrogen and oxygen atoms in total. The van der Waals surface area contributed by atoms with Gasteiger partial charge in [-0.05, 0) is 38.5 Å². The third-order valence-corrected chi connectivity index (χ3v) is 3.66. The Morgan fingerprint density at radius 2 is 2.08 bits per heavy atom. The van der Waals surface area contributed by atoms with E-state index >= 15 is 0 Å². The van der Waals surface area contributed by atoms with Crippen LogP contribution in [-0.2, 0) is 4.79 Å². The topological polar surface area (TPSA) is 69.0 Å². The van der Waals surface area contributed by atoms with E-state index in [1.165, 1.54) is 0 Å². The molecule has 0 bridgehead atoms. The average molecular weight is 324 g/mol. The lowest BCUT2D eigenvalue weighted by Crippen LogP contribution is -2.20. The number of ether oxygens (including phenoxy) is 1. The van der Waals surface area contributed by atoms with Crippen molar-refractivity contribution in [2.45, 2.75) is 26.8 Å². The van der Waals surface area contributed by atoms with Gasteiger partial charge in [0.05, 0.1) is 18.1 Å². The number of aromatic nitrogens is 3. The van der Waals surface area contributed by atoms with Gasteiger partial charge in [-0.25, -0.2) is 9.67 Å². The van der Waals surface area contributed by atoms with E-state index in [0.29, 0.717) is 11.4 Å². The summed E-state index contributed by atoms with van der Waals surface area (Å²) < 4.78 is 7.39. The average Bonchev–Trinajstić information content (AvgIpc) is 2.97. The van der Waals surface area contributed by atoms with Crippen molar-refractivity contribution in [3.05, 3.63) is 48.3 Å². The largest absolute Gasteiger partial charge is 0.483 e. The second-order valence-electron chi connectivity index (χ2n) is 5.92. The SMILES string of the molecule is Cc1ccccc1OCC(=O)Nc1cnc2c(cnn2C(C)C)c1. The van der Waals surface area contributed by atoms with Gasteiger partial charge in [0.2, 0.25) is 0 Å². The lowest BCUT2D eigenvalue weighted by molar-refractivity contribution is -0.118. The molecule has 1 aromatic carbocycles. The molecule has 0 saturated carbocycles. The van der Waals surface area contributed by atoms with Crippen molar-refractivity contribution in [2.24, 2.45) is 0 Å². The molecular formula is C18H20N4O2. The van der Waals surface area contributed by atoms with E-state index in [1.54, 1.807) is 12.4 Å². The summed E-state index contributed by atoms with van der Waals surface area (Å²) in [5.41, 5.74) is 2.43. The predicted molar refractivity (Wildman–Crippen MR) is 93.2 cm³/mol. The smallest absolute Gasteiger partial charge is 0.262 e. The molecule has 0 aliphatic heterocycles. The Balaban J connectivity index is 1.66. The number of hydrogen-bond donors (Lipinski definition) is 1. The van der Waals surface area contributed by atoms with Crippen LogP contribution < -0.4 is 10.1 Å². The quantitative estimate of drug-likeness (QED) is 0.781.